The highest BCUT2D eigenvalue weighted by atomic mass is 35.5. The quantitative estimate of drug-likeness (QED) is 0.834. The Kier molecular flexibility index (Phi) is 4.90. The van der Waals surface area contributed by atoms with Crippen molar-refractivity contribution in [3.63, 3.8) is 0 Å². The Labute approximate surface area is 154 Å². The molecule has 1 aliphatic rings. The lowest BCUT2D eigenvalue weighted by Crippen LogP contribution is -2.39. The van der Waals surface area contributed by atoms with Crippen LogP contribution >= 0.6 is 11.6 Å². The van der Waals surface area contributed by atoms with Crippen LogP contribution in [0, 0.1) is 5.82 Å². The highest BCUT2D eigenvalue weighted by Crippen LogP contribution is 2.26. The minimum absolute atomic E-state index is 0.348. The molecule has 1 heterocycles. The zero-order valence-electron chi connectivity index (χ0n) is 13.8. The predicted octanol–water partition coefficient (Wildman–Crippen LogP) is 3.27. The Morgan fingerprint density at radius 2 is 1.81 bits per heavy atom. The monoisotopic (exact) mass is 375 g/mol. The first-order valence-corrected chi connectivity index (χ1v) is 8.21. The van der Waals surface area contributed by atoms with Gasteiger partial charge in [-0.3, -0.25) is 19.4 Å². The molecule has 0 saturated carbocycles. The number of nitrogens with one attached hydrogen (secondary N) is 1. The fourth-order valence-corrected chi connectivity index (χ4v) is 2.89. The number of hydrogen-bond donors (Lipinski definition) is 1. The Hall–Kier alpha value is -2.93. The zero-order valence-corrected chi connectivity index (χ0v) is 14.5. The fraction of sp³-hybridized carbons (Fsp3) is 0.167. The van der Waals surface area contributed by atoms with Crippen molar-refractivity contribution in [1.29, 1.82) is 0 Å². The molecule has 1 N–H and O–H groups in total. The number of amides is 4. The van der Waals surface area contributed by atoms with Crippen LogP contribution in [0.15, 0.2) is 48.5 Å². The lowest BCUT2D eigenvalue weighted by Gasteiger charge is -2.19. The standard InChI is InChI=1S/C18H15ClFN3O3/c1-11-17(25)22(10-16(24)21-15-5-3-2-4-14(15)19)18(26)23(11)13-8-6-12(20)7-9-13/h2-9,11H,10H2,1H3,(H,21,24)/t11-/m1/s1. The van der Waals surface area contributed by atoms with Gasteiger partial charge in [-0.2, -0.15) is 0 Å². The van der Waals surface area contributed by atoms with E-state index in [1.807, 2.05) is 0 Å². The van der Waals surface area contributed by atoms with Crippen molar-refractivity contribution in [1.82, 2.24) is 4.90 Å². The van der Waals surface area contributed by atoms with Crippen molar-refractivity contribution in [2.75, 3.05) is 16.8 Å². The lowest BCUT2D eigenvalue weighted by atomic mass is 10.2. The maximum Gasteiger partial charge on any atom is 0.332 e. The number of benzene rings is 2. The molecule has 3 rings (SSSR count). The largest absolute Gasteiger partial charge is 0.332 e. The summed E-state index contributed by atoms with van der Waals surface area (Å²) in [6.07, 6.45) is 0. The zero-order chi connectivity index (χ0) is 18.8. The number of rotatable bonds is 4. The number of anilines is 2. The fourth-order valence-electron chi connectivity index (χ4n) is 2.70. The van der Waals surface area contributed by atoms with Crippen LogP contribution in [0.4, 0.5) is 20.6 Å². The molecule has 1 saturated heterocycles. The molecule has 0 spiro atoms. The summed E-state index contributed by atoms with van der Waals surface area (Å²) in [5.41, 5.74) is 0.771. The van der Waals surface area contributed by atoms with Crippen LogP contribution in [-0.2, 0) is 9.59 Å². The van der Waals surface area contributed by atoms with Gasteiger partial charge >= 0.3 is 6.03 Å². The Bertz CT molecular complexity index is 872. The summed E-state index contributed by atoms with van der Waals surface area (Å²) in [7, 11) is 0. The van der Waals surface area contributed by atoms with Crippen LogP contribution in [0.5, 0.6) is 0 Å². The molecule has 0 aliphatic carbocycles. The van der Waals surface area contributed by atoms with E-state index in [-0.39, 0.29) is 0 Å². The summed E-state index contributed by atoms with van der Waals surface area (Å²) < 4.78 is 13.1. The van der Waals surface area contributed by atoms with E-state index >= 15 is 0 Å². The summed E-state index contributed by atoms with van der Waals surface area (Å²) in [5.74, 6) is -1.50. The van der Waals surface area contributed by atoms with Gasteiger partial charge < -0.3 is 5.32 Å². The average molecular weight is 376 g/mol. The Morgan fingerprint density at radius 3 is 2.46 bits per heavy atom. The van der Waals surface area contributed by atoms with Crippen molar-refractivity contribution >= 4 is 40.8 Å². The van der Waals surface area contributed by atoms with Gasteiger partial charge in [-0.1, -0.05) is 23.7 Å². The summed E-state index contributed by atoms with van der Waals surface area (Å²) in [6, 6.07) is 10.4. The number of urea groups is 1. The van der Waals surface area contributed by atoms with Crippen LogP contribution in [0.3, 0.4) is 0 Å². The van der Waals surface area contributed by atoms with Crippen LogP contribution in [0.1, 0.15) is 6.92 Å². The summed E-state index contributed by atoms with van der Waals surface area (Å²) >= 11 is 5.98. The first kappa shape index (κ1) is 17.9. The molecule has 0 unspecified atom stereocenters. The van der Waals surface area contributed by atoms with E-state index in [2.05, 4.69) is 5.32 Å². The number of para-hydroxylation sites is 1. The van der Waals surface area contributed by atoms with E-state index < -0.39 is 36.2 Å². The number of imide groups is 1. The topological polar surface area (TPSA) is 69.7 Å². The van der Waals surface area contributed by atoms with Gasteiger partial charge in [0.05, 0.1) is 10.7 Å². The second kappa shape index (κ2) is 7.13. The SMILES string of the molecule is C[C@@H]1C(=O)N(CC(=O)Nc2ccccc2Cl)C(=O)N1c1ccc(F)cc1. The molecule has 0 bridgehead atoms. The van der Waals surface area contributed by atoms with Gasteiger partial charge in [0.25, 0.3) is 5.91 Å². The molecule has 0 radical (unpaired) electrons. The smallest absolute Gasteiger partial charge is 0.323 e. The van der Waals surface area contributed by atoms with Gasteiger partial charge in [-0.25, -0.2) is 9.18 Å². The van der Waals surface area contributed by atoms with E-state index in [1.54, 1.807) is 31.2 Å². The van der Waals surface area contributed by atoms with E-state index in [0.29, 0.717) is 16.4 Å². The highest BCUT2D eigenvalue weighted by Gasteiger charge is 2.44. The van der Waals surface area contributed by atoms with Crippen molar-refractivity contribution in [3.8, 4) is 0 Å². The second-order valence-corrected chi connectivity index (χ2v) is 6.16. The maximum atomic E-state index is 13.1. The Balaban J connectivity index is 1.75. The first-order valence-electron chi connectivity index (χ1n) is 7.83. The van der Waals surface area contributed by atoms with Crippen molar-refractivity contribution in [2.45, 2.75) is 13.0 Å². The van der Waals surface area contributed by atoms with E-state index in [9.17, 15) is 18.8 Å². The molecule has 1 atom stereocenters. The number of carbonyl (C=O) groups is 3. The van der Waals surface area contributed by atoms with Gasteiger partial charge in [0.1, 0.15) is 18.4 Å². The highest BCUT2D eigenvalue weighted by molar-refractivity contribution is 6.33. The van der Waals surface area contributed by atoms with Crippen LogP contribution in [0.2, 0.25) is 5.02 Å². The van der Waals surface area contributed by atoms with Crippen LogP contribution < -0.4 is 10.2 Å². The van der Waals surface area contributed by atoms with Gasteiger partial charge in [0.2, 0.25) is 5.91 Å². The third kappa shape index (κ3) is 3.39. The summed E-state index contributed by atoms with van der Waals surface area (Å²) in [4.78, 5) is 39.3. The third-order valence-electron chi connectivity index (χ3n) is 4.00. The molecule has 0 aromatic heterocycles. The van der Waals surface area contributed by atoms with Crippen LogP contribution in [0.25, 0.3) is 0 Å². The minimum Gasteiger partial charge on any atom is -0.323 e. The molecule has 6 nitrogen and oxygen atoms in total. The van der Waals surface area contributed by atoms with Gasteiger partial charge in [-0.15, -0.1) is 0 Å². The molecule has 1 aliphatic heterocycles. The molecule has 4 amide bonds. The van der Waals surface area contributed by atoms with Crippen LogP contribution in [-0.4, -0.2) is 35.3 Å². The van der Waals surface area contributed by atoms with Gasteiger partial charge in [0, 0.05) is 5.69 Å². The average Bonchev–Trinajstić information content (AvgIpc) is 2.82. The second-order valence-electron chi connectivity index (χ2n) is 5.76. The molecule has 2 aromatic carbocycles. The number of nitrogens with zero attached hydrogens (tertiary/aromatic N) is 2. The number of hydrogen-bond acceptors (Lipinski definition) is 3. The van der Waals surface area contributed by atoms with E-state index in [4.69, 9.17) is 11.6 Å². The molecule has 1 fully saturated rings. The molecule has 8 heteroatoms. The number of halogens is 2. The first-order chi connectivity index (χ1) is 12.4. The molecule has 26 heavy (non-hydrogen) atoms. The molecular weight excluding hydrogens is 361 g/mol. The maximum absolute atomic E-state index is 13.1. The third-order valence-corrected chi connectivity index (χ3v) is 4.33. The van der Waals surface area contributed by atoms with Crippen molar-refractivity contribution < 1.29 is 18.8 Å². The molecule has 134 valence electrons. The van der Waals surface area contributed by atoms with E-state index in [1.165, 1.54) is 29.2 Å². The molecular formula is C18H15ClFN3O3. The summed E-state index contributed by atoms with van der Waals surface area (Å²) in [5, 5.41) is 2.92. The van der Waals surface area contributed by atoms with Crippen molar-refractivity contribution in [2.24, 2.45) is 0 Å². The summed E-state index contributed by atoms with van der Waals surface area (Å²) in [6.45, 7) is 1.11. The minimum atomic E-state index is -0.791. The number of carbonyl (C=O) groups excluding carboxylic acids is 3. The van der Waals surface area contributed by atoms with Gasteiger partial charge in [-0.05, 0) is 43.3 Å². The lowest BCUT2D eigenvalue weighted by molar-refractivity contribution is -0.130. The molecule has 2 aromatic rings. The normalized spacial score (nSPS) is 17.0. The Morgan fingerprint density at radius 1 is 1.15 bits per heavy atom. The predicted molar refractivity (Wildman–Crippen MR) is 95.5 cm³/mol. The van der Waals surface area contributed by atoms with Crippen molar-refractivity contribution in [3.05, 3.63) is 59.4 Å². The van der Waals surface area contributed by atoms with Gasteiger partial charge in [0.15, 0.2) is 0 Å². The van der Waals surface area contributed by atoms with E-state index in [0.717, 1.165) is 4.90 Å².